The Labute approximate surface area is 200 Å². The van der Waals surface area contributed by atoms with Gasteiger partial charge >= 0.3 is 5.97 Å². The highest BCUT2D eigenvalue weighted by Gasteiger charge is 2.28. The highest BCUT2D eigenvalue weighted by molar-refractivity contribution is 6.06. The van der Waals surface area contributed by atoms with E-state index in [1.54, 1.807) is 0 Å². The minimum atomic E-state index is -0.412. The summed E-state index contributed by atoms with van der Waals surface area (Å²) in [6.45, 7) is 2.32. The second-order valence-corrected chi connectivity index (χ2v) is 8.95. The lowest BCUT2D eigenvalue weighted by atomic mass is 9.89. The number of hydrogen-bond donors (Lipinski definition) is 2. The third-order valence-corrected chi connectivity index (χ3v) is 6.32. The monoisotopic (exact) mass is 470 g/mol. The number of furan rings is 1. The number of benzene rings is 1. The maximum atomic E-state index is 13.3. The molecule has 8 nitrogen and oxygen atoms in total. The average molecular weight is 471 g/mol. The highest BCUT2D eigenvalue weighted by Crippen LogP contribution is 2.36. The first-order valence-electron chi connectivity index (χ1n) is 12.0. The normalized spacial score (nSPS) is 17.8. The molecule has 0 radical (unpaired) electrons. The molecule has 0 aliphatic heterocycles. The van der Waals surface area contributed by atoms with Crippen LogP contribution in [0.5, 0.6) is 5.75 Å². The molecule has 1 aliphatic rings. The lowest BCUT2D eigenvalue weighted by Crippen LogP contribution is -2.26. The minimum Gasteiger partial charge on any atom is -0.493 e. The van der Waals surface area contributed by atoms with Gasteiger partial charge in [-0.05, 0) is 62.1 Å². The number of aliphatic hydroxyl groups excluding tert-OH is 1. The van der Waals surface area contributed by atoms with E-state index in [1.165, 1.54) is 7.11 Å². The summed E-state index contributed by atoms with van der Waals surface area (Å²) >= 11 is 0. The SMILES string of the molecule is COc1cc(CCC(=O)NCCO)cc2c(C(=O)OC3CCC(C)CC3)c(CCCC#N)oc12. The first-order chi connectivity index (χ1) is 16.5. The van der Waals surface area contributed by atoms with Crippen LogP contribution in [0.4, 0.5) is 0 Å². The minimum absolute atomic E-state index is 0.110. The Morgan fingerprint density at radius 3 is 2.68 bits per heavy atom. The molecular weight excluding hydrogens is 436 g/mol. The van der Waals surface area contributed by atoms with Crippen molar-refractivity contribution in [3.63, 3.8) is 0 Å². The van der Waals surface area contributed by atoms with Gasteiger partial charge in [0.25, 0.3) is 0 Å². The maximum absolute atomic E-state index is 13.3. The molecule has 2 aromatic rings. The van der Waals surface area contributed by atoms with Crippen molar-refractivity contribution in [3.05, 3.63) is 29.0 Å². The van der Waals surface area contributed by atoms with Crippen LogP contribution in [0.15, 0.2) is 16.5 Å². The first kappa shape index (κ1) is 25.6. The summed E-state index contributed by atoms with van der Waals surface area (Å²) in [7, 11) is 1.53. The number of nitrogens with one attached hydrogen (secondary N) is 1. The van der Waals surface area contributed by atoms with Gasteiger partial charge in [-0.1, -0.05) is 6.92 Å². The Balaban J connectivity index is 1.91. The molecule has 1 fully saturated rings. The number of aliphatic hydroxyl groups is 1. The van der Waals surface area contributed by atoms with Gasteiger partial charge in [-0.15, -0.1) is 0 Å². The van der Waals surface area contributed by atoms with Crippen LogP contribution in [0, 0.1) is 17.2 Å². The first-order valence-corrected chi connectivity index (χ1v) is 12.0. The van der Waals surface area contributed by atoms with E-state index in [4.69, 9.17) is 24.3 Å². The predicted octanol–water partition coefficient (Wildman–Crippen LogP) is 4.06. The fourth-order valence-corrected chi connectivity index (χ4v) is 4.40. The second kappa shape index (κ2) is 12.4. The molecule has 2 N–H and O–H groups in total. The number of rotatable bonds is 11. The van der Waals surface area contributed by atoms with Crippen LogP contribution in [0.1, 0.15) is 73.6 Å². The molecule has 34 heavy (non-hydrogen) atoms. The zero-order valence-electron chi connectivity index (χ0n) is 20.0. The van der Waals surface area contributed by atoms with Gasteiger partial charge in [0, 0.05) is 31.2 Å². The number of unbranched alkanes of at least 4 members (excludes halogenated alkanes) is 1. The number of amides is 1. The quantitative estimate of drug-likeness (QED) is 0.375. The number of esters is 1. The predicted molar refractivity (Wildman–Crippen MR) is 127 cm³/mol. The Kier molecular flexibility index (Phi) is 9.34. The van der Waals surface area contributed by atoms with E-state index < -0.39 is 5.97 Å². The summed E-state index contributed by atoms with van der Waals surface area (Å²) in [5.74, 6) is 1.05. The van der Waals surface area contributed by atoms with E-state index in [-0.39, 0.29) is 31.6 Å². The topological polar surface area (TPSA) is 122 Å². The summed E-state index contributed by atoms with van der Waals surface area (Å²) in [5, 5.41) is 21.1. The van der Waals surface area contributed by atoms with Crippen molar-refractivity contribution in [2.75, 3.05) is 20.3 Å². The van der Waals surface area contributed by atoms with Gasteiger partial charge in [-0.2, -0.15) is 5.26 Å². The number of ether oxygens (including phenoxy) is 2. The standard InChI is InChI=1S/C26H34N2O6/c1-17-6-9-19(10-7-17)33-26(31)24-20-15-18(8-11-23(30)28-13-14-29)16-22(32-2)25(20)34-21(24)5-3-4-12-27/h15-17,19,29H,3-11,13-14H2,1-2H3,(H,28,30). The molecule has 1 aliphatic carbocycles. The van der Waals surface area contributed by atoms with E-state index in [9.17, 15) is 9.59 Å². The molecular formula is C26H34N2O6. The van der Waals surface area contributed by atoms with E-state index in [0.29, 0.717) is 59.6 Å². The molecule has 1 amide bonds. The van der Waals surface area contributed by atoms with E-state index >= 15 is 0 Å². The molecule has 0 spiro atoms. The second-order valence-electron chi connectivity index (χ2n) is 8.95. The lowest BCUT2D eigenvalue weighted by molar-refractivity contribution is -0.121. The third-order valence-electron chi connectivity index (χ3n) is 6.32. The van der Waals surface area contributed by atoms with Gasteiger partial charge in [0.05, 0.1) is 19.8 Å². The zero-order chi connectivity index (χ0) is 24.5. The molecule has 0 saturated heterocycles. The molecule has 8 heteroatoms. The Hall–Kier alpha value is -3.05. The van der Waals surface area contributed by atoms with Crippen LogP contribution in [-0.2, 0) is 22.4 Å². The molecule has 184 valence electrons. The van der Waals surface area contributed by atoms with Crippen LogP contribution in [-0.4, -0.2) is 43.3 Å². The average Bonchev–Trinajstić information content (AvgIpc) is 3.20. The van der Waals surface area contributed by atoms with Crippen LogP contribution < -0.4 is 10.1 Å². The van der Waals surface area contributed by atoms with E-state index in [2.05, 4.69) is 18.3 Å². The van der Waals surface area contributed by atoms with Crippen LogP contribution in [0.3, 0.4) is 0 Å². The summed E-state index contributed by atoms with van der Waals surface area (Å²) in [5.41, 5.74) is 1.68. The molecule has 1 heterocycles. The maximum Gasteiger partial charge on any atom is 0.342 e. The van der Waals surface area contributed by atoms with Crippen LogP contribution in [0.25, 0.3) is 11.0 Å². The van der Waals surface area contributed by atoms with Crippen LogP contribution >= 0.6 is 0 Å². The molecule has 0 atom stereocenters. The van der Waals surface area contributed by atoms with Gasteiger partial charge in [-0.3, -0.25) is 4.79 Å². The molecule has 3 rings (SSSR count). The van der Waals surface area contributed by atoms with E-state index in [1.807, 2.05) is 12.1 Å². The fraction of sp³-hybridized carbons (Fsp3) is 0.577. The number of carbonyl (C=O) groups excluding carboxylic acids is 2. The number of carbonyl (C=O) groups is 2. The summed E-state index contributed by atoms with van der Waals surface area (Å²) in [6.07, 6.45) is 5.71. The number of nitriles is 1. The zero-order valence-corrected chi connectivity index (χ0v) is 20.0. The Morgan fingerprint density at radius 2 is 2.00 bits per heavy atom. The molecule has 1 aromatic heterocycles. The van der Waals surface area contributed by atoms with Gasteiger partial charge in [0.2, 0.25) is 5.91 Å². The molecule has 1 aromatic carbocycles. The van der Waals surface area contributed by atoms with Crippen molar-refractivity contribution in [2.24, 2.45) is 5.92 Å². The summed E-state index contributed by atoms with van der Waals surface area (Å²) in [6, 6.07) is 5.79. The molecule has 0 bridgehead atoms. The smallest absolute Gasteiger partial charge is 0.342 e. The van der Waals surface area contributed by atoms with E-state index in [0.717, 1.165) is 31.2 Å². The van der Waals surface area contributed by atoms with Gasteiger partial charge < -0.3 is 24.3 Å². The number of fused-ring (bicyclic) bond motifs is 1. The number of methoxy groups -OCH3 is 1. The van der Waals surface area contributed by atoms with Gasteiger partial charge in [-0.25, -0.2) is 4.79 Å². The number of hydrogen-bond acceptors (Lipinski definition) is 7. The number of aryl methyl sites for hydroxylation is 2. The highest BCUT2D eigenvalue weighted by atomic mass is 16.5. The van der Waals surface area contributed by atoms with Crippen molar-refractivity contribution in [3.8, 4) is 11.8 Å². The summed E-state index contributed by atoms with van der Waals surface area (Å²) in [4.78, 5) is 25.3. The number of nitrogens with zero attached hydrogens (tertiary/aromatic N) is 1. The van der Waals surface area contributed by atoms with Crippen molar-refractivity contribution >= 4 is 22.8 Å². The van der Waals surface area contributed by atoms with Gasteiger partial charge in [0.15, 0.2) is 11.3 Å². The van der Waals surface area contributed by atoms with Crippen molar-refractivity contribution in [2.45, 2.75) is 70.8 Å². The summed E-state index contributed by atoms with van der Waals surface area (Å²) < 4.78 is 17.5. The van der Waals surface area contributed by atoms with Crippen molar-refractivity contribution < 1.29 is 28.6 Å². The van der Waals surface area contributed by atoms with Crippen LogP contribution in [0.2, 0.25) is 0 Å². The molecule has 1 saturated carbocycles. The van der Waals surface area contributed by atoms with Gasteiger partial charge in [0.1, 0.15) is 17.4 Å². The third kappa shape index (κ3) is 6.51. The molecule has 0 unspecified atom stereocenters. The Morgan fingerprint density at radius 1 is 1.24 bits per heavy atom. The van der Waals surface area contributed by atoms with Crippen molar-refractivity contribution in [1.82, 2.24) is 5.32 Å². The lowest BCUT2D eigenvalue weighted by Gasteiger charge is -2.26. The Bertz CT molecular complexity index is 1030. The largest absolute Gasteiger partial charge is 0.493 e. The van der Waals surface area contributed by atoms with Crippen molar-refractivity contribution in [1.29, 1.82) is 5.26 Å². The fourth-order valence-electron chi connectivity index (χ4n) is 4.40.